The summed E-state index contributed by atoms with van der Waals surface area (Å²) in [6, 6.07) is 0. The van der Waals surface area contributed by atoms with Crippen LogP contribution in [-0.2, 0) is 0 Å². The van der Waals surface area contributed by atoms with Crippen molar-refractivity contribution < 1.29 is 5.11 Å². The molecule has 0 saturated carbocycles. The van der Waals surface area contributed by atoms with E-state index >= 15 is 0 Å². The predicted molar refractivity (Wildman–Crippen MR) is 55.8 cm³/mol. The number of nitrogens with one attached hydrogen (secondary N) is 1. The summed E-state index contributed by atoms with van der Waals surface area (Å²) in [6.07, 6.45) is 4.56. The molecule has 0 aliphatic heterocycles. The highest BCUT2D eigenvalue weighted by molar-refractivity contribution is 5.35. The summed E-state index contributed by atoms with van der Waals surface area (Å²) in [5.41, 5.74) is 5.39. The highest BCUT2D eigenvalue weighted by atomic mass is 16.3. The fraction of sp³-hybridized carbons (Fsp3) is 0.556. The molecule has 0 spiro atoms. The van der Waals surface area contributed by atoms with Crippen LogP contribution >= 0.6 is 0 Å². The Kier molecular flexibility index (Phi) is 4.12. The van der Waals surface area contributed by atoms with Crippen LogP contribution in [0.25, 0.3) is 0 Å². The lowest BCUT2D eigenvalue weighted by molar-refractivity contribution is 0.183. The smallest absolute Gasteiger partial charge is 0.144 e. The Bertz CT molecular complexity index is 260. The molecule has 1 unspecified atom stereocenters. The first-order valence-electron chi connectivity index (χ1n) is 4.68. The van der Waals surface area contributed by atoms with E-state index in [1.54, 1.807) is 13.1 Å². The predicted octanol–water partition coefficient (Wildman–Crippen LogP) is 0.632. The molecule has 0 amide bonds. The van der Waals surface area contributed by atoms with Crippen molar-refractivity contribution in [2.75, 3.05) is 17.6 Å². The van der Waals surface area contributed by atoms with Gasteiger partial charge in [-0.3, -0.25) is 0 Å². The fourth-order valence-electron chi connectivity index (χ4n) is 1.04. The molecule has 5 nitrogen and oxygen atoms in total. The van der Waals surface area contributed by atoms with Crippen molar-refractivity contribution >= 4 is 11.6 Å². The SMILES string of the molecule is CC(O)CCCNc1cnc(N)cn1. The fourth-order valence-corrected chi connectivity index (χ4v) is 1.04. The highest BCUT2D eigenvalue weighted by Crippen LogP contribution is 2.02. The van der Waals surface area contributed by atoms with Gasteiger partial charge in [0.05, 0.1) is 18.5 Å². The Hall–Kier alpha value is -1.36. The molecule has 0 bridgehead atoms. The molecule has 0 saturated heterocycles. The van der Waals surface area contributed by atoms with Crippen molar-refractivity contribution in [3.8, 4) is 0 Å². The summed E-state index contributed by atoms with van der Waals surface area (Å²) in [5, 5.41) is 12.1. The van der Waals surface area contributed by atoms with Crippen LogP contribution < -0.4 is 11.1 Å². The maximum absolute atomic E-state index is 9.01. The third kappa shape index (κ3) is 4.04. The van der Waals surface area contributed by atoms with Gasteiger partial charge in [0.15, 0.2) is 0 Å². The maximum Gasteiger partial charge on any atom is 0.144 e. The first-order chi connectivity index (χ1) is 6.68. The Balaban J connectivity index is 2.21. The monoisotopic (exact) mass is 196 g/mol. The Morgan fingerprint density at radius 1 is 1.50 bits per heavy atom. The number of nitrogen functional groups attached to an aromatic ring is 1. The standard InChI is InChI=1S/C9H16N4O/c1-7(14)3-2-4-11-9-6-12-8(10)5-13-9/h5-7,14H,2-4H2,1H3,(H2,10,12)(H,11,13). The van der Waals surface area contributed by atoms with Crippen LogP contribution in [0.2, 0.25) is 0 Å². The number of nitrogens with zero attached hydrogens (tertiary/aromatic N) is 2. The number of rotatable bonds is 5. The van der Waals surface area contributed by atoms with E-state index < -0.39 is 0 Å². The van der Waals surface area contributed by atoms with Crippen LogP contribution in [0, 0.1) is 0 Å². The molecule has 78 valence electrons. The van der Waals surface area contributed by atoms with Crippen LogP contribution in [0.15, 0.2) is 12.4 Å². The summed E-state index contributed by atoms with van der Waals surface area (Å²) in [7, 11) is 0. The van der Waals surface area contributed by atoms with E-state index in [0.29, 0.717) is 11.6 Å². The number of aliphatic hydroxyl groups is 1. The number of hydrogen-bond donors (Lipinski definition) is 3. The minimum atomic E-state index is -0.241. The van der Waals surface area contributed by atoms with Gasteiger partial charge in [0.2, 0.25) is 0 Å². The van der Waals surface area contributed by atoms with Gasteiger partial charge in [0.25, 0.3) is 0 Å². The molecule has 0 radical (unpaired) electrons. The van der Waals surface area contributed by atoms with Gasteiger partial charge in [-0.1, -0.05) is 0 Å². The van der Waals surface area contributed by atoms with E-state index in [0.717, 1.165) is 19.4 Å². The van der Waals surface area contributed by atoms with E-state index in [4.69, 9.17) is 10.8 Å². The van der Waals surface area contributed by atoms with E-state index in [2.05, 4.69) is 15.3 Å². The van der Waals surface area contributed by atoms with Crippen molar-refractivity contribution in [3.63, 3.8) is 0 Å². The second-order valence-electron chi connectivity index (χ2n) is 3.24. The summed E-state index contributed by atoms with van der Waals surface area (Å²) < 4.78 is 0. The first-order valence-corrected chi connectivity index (χ1v) is 4.68. The normalized spacial score (nSPS) is 12.4. The summed E-state index contributed by atoms with van der Waals surface area (Å²) in [5.74, 6) is 1.13. The zero-order chi connectivity index (χ0) is 10.4. The van der Waals surface area contributed by atoms with Crippen molar-refractivity contribution in [3.05, 3.63) is 12.4 Å². The number of aliphatic hydroxyl groups excluding tert-OH is 1. The molecule has 5 heteroatoms. The van der Waals surface area contributed by atoms with Gasteiger partial charge in [-0.25, -0.2) is 9.97 Å². The molecule has 1 heterocycles. The van der Waals surface area contributed by atoms with E-state index in [1.807, 2.05) is 0 Å². The molecule has 1 aromatic heterocycles. The van der Waals surface area contributed by atoms with Crippen molar-refractivity contribution in [2.45, 2.75) is 25.9 Å². The van der Waals surface area contributed by atoms with Crippen LogP contribution in [0.3, 0.4) is 0 Å². The summed E-state index contributed by atoms with van der Waals surface area (Å²) in [6.45, 7) is 2.56. The van der Waals surface area contributed by atoms with Crippen molar-refractivity contribution in [1.82, 2.24) is 9.97 Å². The second kappa shape index (κ2) is 5.39. The Labute approximate surface area is 83.4 Å². The second-order valence-corrected chi connectivity index (χ2v) is 3.24. The number of anilines is 2. The van der Waals surface area contributed by atoms with Crippen molar-refractivity contribution in [2.24, 2.45) is 0 Å². The van der Waals surface area contributed by atoms with Gasteiger partial charge in [-0.05, 0) is 19.8 Å². The van der Waals surface area contributed by atoms with E-state index in [1.165, 1.54) is 6.20 Å². The molecular weight excluding hydrogens is 180 g/mol. The third-order valence-electron chi connectivity index (χ3n) is 1.78. The third-order valence-corrected chi connectivity index (χ3v) is 1.78. The highest BCUT2D eigenvalue weighted by Gasteiger charge is 1.96. The topological polar surface area (TPSA) is 84.1 Å². The molecule has 4 N–H and O–H groups in total. The van der Waals surface area contributed by atoms with Crippen molar-refractivity contribution in [1.29, 1.82) is 0 Å². The molecule has 0 aromatic carbocycles. The zero-order valence-electron chi connectivity index (χ0n) is 8.27. The molecule has 14 heavy (non-hydrogen) atoms. The van der Waals surface area contributed by atoms with Gasteiger partial charge in [-0.15, -0.1) is 0 Å². The molecule has 0 fully saturated rings. The molecule has 1 atom stereocenters. The lowest BCUT2D eigenvalue weighted by Gasteiger charge is -2.06. The zero-order valence-corrected chi connectivity index (χ0v) is 8.27. The molecule has 0 aliphatic rings. The van der Waals surface area contributed by atoms with E-state index in [9.17, 15) is 0 Å². The van der Waals surface area contributed by atoms with Gasteiger partial charge >= 0.3 is 0 Å². The summed E-state index contributed by atoms with van der Waals surface area (Å²) >= 11 is 0. The van der Waals surface area contributed by atoms with Crippen LogP contribution in [0.5, 0.6) is 0 Å². The molecule has 1 aromatic rings. The number of hydrogen-bond acceptors (Lipinski definition) is 5. The Morgan fingerprint density at radius 3 is 2.86 bits per heavy atom. The van der Waals surface area contributed by atoms with Gasteiger partial charge < -0.3 is 16.2 Å². The van der Waals surface area contributed by atoms with Crippen LogP contribution in [0.1, 0.15) is 19.8 Å². The first kappa shape index (κ1) is 10.7. The van der Waals surface area contributed by atoms with Gasteiger partial charge in [0, 0.05) is 6.54 Å². The van der Waals surface area contributed by atoms with Gasteiger partial charge in [0.1, 0.15) is 11.6 Å². The molecular formula is C9H16N4O. The molecule has 1 rings (SSSR count). The summed E-state index contributed by atoms with van der Waals surface area (Å²) in [4.78, 5) is 7.93. The van der Waals surface area contributed by atoms with E-state index in [-0.39, 0.29) is 6.10 Å². The lowest BCUT2D eigenvalue weighted by Crippen LogP contribution is -2.07. The number of aromatic nitrogens is 2. The largest absolute Gasteiger partial charge is 0.393 e. The minimum absolute atomic E-state index is 0.241. The lowest BCUT2D eigenvalue weighted by atomic mass is 10.2. The Morgan fingerprint density at radius 2 is 2.29 bits per heavy atom. The quantitative estimate of drug-likeness (QED) is 0.601. The maximum atomic E-state index is 9.01. The number of nitrogens with two attached hydrogens (primary N) is 1. The minimum Gasteiger partial charge on any atom is -0.393 e. The average molecular weight is 196 g/mol. The van der Waals surface area contributed by atoms with Crippen LogP contribution in [0.4, 0.5) is 11.6 Å². The van der Waals surface area contributed by atoms with Crippen LogP contribution in [-0.4, -0.2) is 27.7 Å². The molecule has 0 aliphatic carbocycles. The van der Waals surface area contributed by atoms with Gasteiger partial charge in [-0.2, -0.15) is 0 Å². The average Bonchev–Trinajstić information content (AvgIpc) is 2.15.